The van der Waals surface area contributed by atoms with Crippen LogP contribution in [0.4, 0.5) is 24.5 Å². The Hall–Kier alpha value is -3.81. The average Bonchev–Trinajstić information content (AvgIpc) is 2.82. The molecular weight excluding hydrogens is 445 g/mol. The minimum atomic E-state index is -4.51. The van der Waals surface area contributed by atoms with E-state index in [1.165, 1.54) is 24.3 Å². The summed E-state index contributed by atoms with van der Waals surface area (Å²) >= 11 is 0. The van der Waals surface area contributed by atoms with E-state index < -0.39 is 17.6 Å². The maximum Gasteiger partial charge on any atom is 0.416 e. The van der Waals surface area contributed by atoms with Crippen molar-refractivity contribution in [3.63, 3.8) is 0 Å². The first-order valence-corrected chi connectivity index (χ1v) is 10.9. The molecule has 0 radical (unpaired) electrons. The maximum absolute atomic E-state index is 12.9. The molecule has 0 aliphatic heterocycles. The summed E-state index contributed by atoms with van der Waals surface area (Å²) in [7, 11) is 0. The summed E-state index contributed by atoms with van der Waals surface area (Å²) in [6, 6.07) is 17.3. The van der Waals surface area contributed by atoms with Gasteiger partial charge in [0.25, 0.3) is 11.8 Å². The number of halogens is 3. The summed E-state index contributed by atoms with van der Waals surface area (Å²) in [4.78, 5) is 25.1. The van der Waals surface area contributed by atoms with Crippen LogP contribution in [0.5, 0.6) is 5.75 Å². The fourth-order valence-corrected chi connectivity index (χ4v) is 3.16. The SMILES string of the molecule is CCCCCOc1ccc(C(=O)Nc2cccc(C(=O)Nc3cccc(C(F)(F)F)c3)c2)cc1. The van der Waals surface area contributed by atoms with Crippen molar-refractivity contribution in [2.75, 3.05) is 17.2 Å². The van der Waals surface area contributed by atoms with E-state index in [1.807, 2.05) is 0 Å². The molecule has 0 aromatic heterocycles. The van der Waals surface area contributed by atoms with E-state index >= 15 is 0 Å². The molecule has 0 unspecified atom stereocenters. The van der Waals surface area contributed by atoms with Crippen molar-refractivity contribution in [1.29, 1.82) is 0 Å². The van der Waals surface area contributed by atoms with Gasteiger partial charge in [-0.25, -0.2) is 0 Å². The summed E-state index contributed by atoms with van der Waals surface area (Å²) in [5.41, 5.74) is 0.141. The molecule has 2 N–H and O–H groups in total. The minimum absolute atomic E-state index is 0.0197. The number of ether oxygens (including phenoxy) is 1. The molecule has 0 atom stereocenters. The normalized spacial score (nSPS) is 11.1. The molecule has 0 aliphatic carbocycles. The number of carbonyl (C=O) groups is 2. The van der Waals surface area contributed by atoms with E-state index in [2.05, 4.69) is 17.6 Å². The number of hydrogen-bond acceptors (Lipinski definition) is 3. The molecule has 2 amide bonds. The summed E-state index contributed by atoms with van der Waals surface area (Å²) in [6.45, 7) is 2.74. The zero-order chi connectivity index (χ0) is 24.6. The Bertz CT molecular complexity index is 1130. The Morgan fingerprint density at radius 3 is 2.06 bits per heavy atom. The lowest BCUT2D eigenvalue weighted by atomic mass is 10.1. The fraction of sp³-hybridized carbons (Fsp3) is 0.231. The van der Waals surface area contributed by atoms with E-state index in [9.17, 15) is 22.8 Å². The number of hydrogen-bond donors (Lipinski definition) is 2. The zero-order valence-corrected chi connectivity index (χ0v) is 18.6. The lowest BCUT2D eigenvalue weighted by Crippen LogP contribution is -2.15. The molecule has 0 fully saturated rings. The second-order valence-electron chi connectivity index (χ2n) is 7.65. The predicted molar refractivity (Wildman–Crippen MR) is 125 cm³/mol. The van der Waals surface area contributed by atoms with Gasteiger partial charge < -0.3 is 15.4 Å². The van der Waals surface area contributed by atoms with Crippen LogP contribution in [0.25, 0.3) is 0 Å². The lowest BCUT2D eigenvalue weighted by Gasteiger charge is -2.11. The molecule has 0 bridgehead atoms. The molecule has 0 heterocycles. The third kappa shape index (κ3) is 7.10. The molecule has 3 aromatic carbocycles. The van der Waals surface area contributed by atoms with Gasteiger partial charge in [0, 0.05) is 22.5 Å². The van der Waals surface area contributed by atoms with Gasteiger partial charge in [-0.05, 0) is 67.1 Å². The molecule has 34 heavy (non-hydrogen) atoms. The number of anilines is 2. The van der Waals surface area contributed by atoms with E-state index in [-0.39, 0.29) is 17.2 Å². The Kier molecular flexibility index (Phi) is 8.29. The van der Waals surface area contributed by atoms with Crippen molar-refractivity contribution < 1.29 is 27.5 Å². The van der Waals surface area contributed by atoms with Crippen molar-refractivity contribution in [3.05, 3.63) is 89.5 Å². The smallest absolute Gasteiger partial charge is 0.416 e. The average molecular weight is 470 g/mol. The second kappa shape index (κ2) is 11.4. The van der Waals surface area contributed by atoms with Gasteiger partial charge in [0.15, 0.2) is 0 Å². The molecule has 0 saturated carbocycles. The Morgan fingerprint density at radius 1 is 0.794 bits per heavy atom. The van der Waals surface area contributed by atoms with Crippen molar-refractivity contribution in [3.8, 4) is 5.75 Å². The monoisotopic (exact) mass is 470 g/mol. The molecular formula is C26H25F3N2O3. The Labute approximate surface area is 195 Å². The van der Waals surface area contributed by atoms with Crippen molar-refractivity contribution in [2.45, 2.75) is 32.4 Å². The van der Waals surface area contributed by atoms with Gasteiger partial charge in [-0.3, -0.25) is 9.59 Å². The highest BCUT2D eigenvalue weighted by Gasteiger charge is 2.30. The third-order valence-electron chi connectivity index (χ3n) is 4.96. The van der Waals surface area contributed by atoms with Crippen LogP contribution in [0, 0.1) is 0 Å². The number of alkyl halides is 3. The topological polar surface area (TPSA) is 67.4 Å². The Balaban J connectivity index is 1.62. The number of carbonyl (C=O) groups excluding carboxylic acids is 2. The quantitative estimate of drug-likeness (QED) is 0.339. The van der Waals surface area contributed by atoms with Gasteiger partial charge in [-0.15, -0.1) is 0 Å². The molecule has 5 nitrogen and oxygen atoms in total. The van der Waals surface area contributed by atoms with Crippen LogP contribution in [0.2, 0.25) is 0 Å². The first kappa shape index (κ1) is 24.8. The van der Waals surface area contributed by atoms with Crippen molar-refractivity contribution in [2.24, 2.45) is 0 Å². The first-order valence-electron chi connectivity index (χ1n) is 10.9. The van der Waals surface area contributed by atoms with Crippen molar-refractivity contribution >= 4 is 23.2 Å². The van der Waals surface area contributed by atoms with Crippen LogP contribution in [-0.4, -0.2) is 18.4 Å². The zero-order valence-electron chi connectivity index (χ0n) is 18.6. The largest absolute Gasteiger partial charge is 0.494 e. The van der Waals surface area contributed by atoms with E-state index in [4.69, 9.17) is 4.74 Å². The van der Waals surface area contributed by atoms with Crippen LogP contribution >= 0.6 is 0 Å². The summed E-state index contributed by atoms with van der Waals surface area (Å²) < 4.78 is 44.3. The van der Waals surface area contributed by atoms with Crippen LogP contribution in [0.1, 0.15) is 52.5 Å². The predicted octanol–water partition coefficient (Wildman–Crippen LogP) is 6.78. The van der Waals surface area contributed by atoms with E-state index in [1.54, 1.807) is 36.4 Å². The van der Waals surface area contributed by atoms with Gasteiger partial charge in [0.05, 0.1) is 12.2 Å². The maximum atomic E-state index is 12.9. The molecule has 3 rings (SSSR count). The minimum Gasteiger partial charge on any atom is -0.494 e. The molecule has 0 saturated heterocycles. The highest BCUT2D eigenvalue weighted by Crippen LogP contribution is 2.30. The second-order valence-corrected chi connectivity index (χ2v) is 7.65. The number of amides is 2. The number of nitrogens with one attached hydrogen (secondary N) is 2. The number of benzene rings is 3. The molecule has 0 spiro atoms. The molecule has 8 heteroatoms. The van der Waals surface area contributed by atoms with Gasteiger partial charge in [-0.2, -0.15) is 13.2 Å². The highest BCUT2D eigenvalue weighted by atomic mass is 19.4. The molecule has 178 valence electrons. The first-order chi connectivity index (χ1) is 16.3. The Morgan fingerprint density at radius 2 is 1.41 bits per heavy atom. The standard InChI is InChI=1S/C26H25F3N2O3/c1-2-3-4-15-34-23-13-11-18(12-14-23)24(32)30-21-9-5-7-19(16-21)25(33)31-22-10-6-8-20(17-22)26(27,28)29/h5-14,16-17H,2-4,15H2,1H3,(H,30,32)(H,31,33). The lowest BCUT2D eigenvalue weighted by molar-refractivity contribution is -0.137. The van der Waals surface area contributed by atoms with Crippen LogP contribution in [-0.2, 0) is 6.18 Å². The number of unbranched alkanes of at least 4 members (excludes halogenated alkanes) is 2. The highest BCUT2D eigenvalue weighted by molar-refractivity contribution is 6.07. The third-order valence-corrected chi connectivity index (χ3v) is 4.96. The van der Waals surface area contributed by atoms with Gasteiger partial charge in [-0.1, -0.05) is 31.9 Å². The number of rotatable bonds is 9. The van der Waals surface area contributed by atoms with Gasteiger partial charge >= 0.3 is 6.18 Å². The molecule has 0 aliphatic rings. The van der Waals surface area contributed by atoms with Crippen LogP contribution in [0.15, 0.2) is 72.8 Å². The van der Waals surface area contributed by atoms with E-state index in [0.717, 1.165) is 31.4 Å². The summed E-state index contributed by atoms with van der Waals surface area (Å²) in [5.74, 6) is -0.283. The van der Waals surface area contributed by atoms with E-state index in [0.29, 0.717) is 23.6 Å². The van der Waals surface area contributed by atoms with Crippen LogP contribution in [0.3, 0.4) is 0 Å². The van der Waals surface area contributed by atoms with Gasteiger partial charge in [0.2, 0.25) is 0 Å². The fourth-order valence-electron chi connectivity index (χ4n) is 3.16. The summed E-state index contributed by atoms with van der Waals surface area (Å²) in [6.07, 6.45) is -1.34. The molecule has 3 aromatic rings. The van der Waals surface area contributed by atoms with Crippen LogP contribution < -0.4 is 15.4 Å². The van der Waals surface area contributed by atoms with Crippen molar-refractivity contribution in [1.82, 2.24) is 0 Å². The summed E-state index contributed by atoms with van der Waals surface area (Å²) in [5, 5.41) is 5.17. The van der Waals surface area contributed by atoms with Gasteiger partial charge in [0.1, 0.15) is 5.75 Å².